The predicted octanol–water partition coefficient (Wildman–Crippen LogP) is 5.53. The van der Waals surface area contributed by atoms with E-state index < -0.39 is 76.4 Å². The van der Waals surface area contributed by atoms with Crippen molar-refractivity contribution in [2.75, 3.05) is 32.3 Å². The molecule has 3 unspecified atom stereocenters. The Hall–Kier alpha value is -4.60. The molecule has 49 heavy (non-hydrogen) atoms. The van der Waals surface area contributed by atoms with Gasteiger partial charge >= 0.3 is 12.1 Å². The fraction of sp³-hybridized carbons (Fsp3) is 0.294. The van der Waals surface area contributed by atoms with Crippen LogP contribution in [0.15, 0.2) is 70.5 Å². The Bertz CT molecular complexity index is 2000. The maximum absolute atomic E-state index is 16.0. The van der Waals surface area contributed by atoms with Crippen molar-refractivity contribution in [3.05, 3.63) is 110 Å². The van der Waals surface area contributed by atoms with Crippen LogP contribution >= 0.6 is 0 Å². The molecule has 3 atom stereocenters. The van der Waals surface area contributed by atoms with E-state index in [9.17, 15) is 27.0 Å². The summed E-state index contributed by atoms with van der Waals surface area (Å²) in [6.07, 6.45) is -5.63. The quantitative estimate of drug-likeness (QED) is 0.155. The number of pyridine rings is 1. The van der Waals surface area contributed by atoms with Gasteiger partial charge < -0.3 is 24.6 Å². The van der Waals surface area contributed by atoms with Crippen molar-refractivity contribution in [3.63, 3.8) is 0 Å². The number of fused-ring (bicyclic) bond motifs is 2. The van der Waals surface area contributed by atoms with Crippen molar-refractivity contribution in [1.29, 1.82) is 0 Å². The number of benzene rings is 3. The standard InChI is InChI=1S/C34H29F5N2O7S/c1-18-21(14-22-23(34(37,38)39)8-5-9-24(22)35)33-41(32(44)28(18)20-10-11-26-31(29(20)36)48-17-47-26)25(16-49(33)45)30(19-6-3-2-4-7-19)40-12-13-46-15-27(42)43/h2-11,25,30,40H,12-17H2,1H3,(H,42,43). The number of aromatic nitrogens is 1. The van der Waals surface area contributed by atoms with Crippen LogP contribution in [-0.2, 0) is 32.9 Å². The van der Waals surface area contributed by atoms with Crippen LogP contribution in [0.5, 0.6) is 11.5 Å². The molecular formula is C34H29F5N2O7S. The molecule has 2 aliphatic heterocycles. The zero-order chi connectivity index (χ0) is 35.0. The zero-order valence-corrected chi connectivity index (χ0v) is 26.6. The van der Waals surface area contributed by atoms with Crippen LogP contribution in [0.3, 0.4) is 0 Å². The van der Waals surface area contributed by atoms with Crippen LogP contribution in [-0.4, -0.2) is 52.2 Å². The average Bonchev–Trinajstić information content (AvgIpc) is 3.67. The number of nitrogens with one attached hydrogen (secondary N) is 1. The highest BCUT2D eigenvalue weighted by atomic mass is 32.2. The molecule has 0 spiro atoms. The number of rotatable bonds is 11. The van der Waals surface area contributed by atoms with Gasteiger partial charge in [-0.1, -0.05) is 36.4 Å². The van der Waals surface area contributed by atoms with Gasteiger partial charge in [0.1, 0.15) is 17.5 Å². The van der Waals surface area contributed by atoms with Gasteiger partial charge in [-0.2, -0.15) is 13.2 Å². The van der Waals surface area contributed by atoms with E-state index in [-0.39, 0.29) is 64.5 Å². The molecule has 2 aliphatic rings. The number of alkyl halides is 3. The van der Waals surface area contributed by atoms with Crippen LogP contribution in [0, 0.1) is 18.6 Å². The molecule has 1 aromatic heterocycles. The highest BCUT2D eigenvalue weighted by molar-refractivity contribution is 7.85. The van der Waals surface area contributed by atoms with Crippen LogP contribution in [0.2, 0.25) is 0 Å². The zero-order valence-electron chi connectivity index (χ0n) is 25.8. The molecule has 0 saturated heterocycles. The summed E-state index contributed by atoms with van der Waals surface area (Å²) in [5, 5.41) is 12.1. The van der Waals surface area contributed by atoms with E-state index in [1.54, 1.807) is 30.3 Å². The van der Waals surface area contributed by atoms with Gasteiger partial charge in [-0.3, -0.25) is 13.6 Å². The first-order valence-electron chi connectivity index (χ1n) is 15.1. The lowest BCUT2D eigenvalue weighted by atomic mass is 9.91. The Labute approximate surface area is 278 Å². The van der Waals surface area contributed by atoms with Crippen LogP contribution in [0.25, 0.3) is 11.1 Å². The average molecular weight is 705 g/mol. The van der Waals surface area contributed by atoms with Gasteiger partial charge in [-0.05, 0) is 47.9 Å². The molecule has 0 saturated carbocycles. The lowest BCUT2D eigenvalue weighted by Crippen LogP contribution is -2.37. The Morgan fingerprint density at radius 1 is 1.08 bits per heavy atom. The molecule has 6 rings (SSSR count). The molecule has 0 bridgehead atoms. The lowest BCUT2D eigenvalue weighted by molar-refractivity contribution is -0.142. The Balaban J connectivity index is 1.57. The van der Waals surface area contributed by atoms with E-state index in [4.69, 9.17) is 19.3 Å². The third kappa shape index (κ3) is 6.57. The predicted molar refractivity (Wildman–Crippen MR) is 167 cm³/mol. The van der Waals surface area contributed by atoms with Gasteiger partial charge in [0, 0.05) is 24.1 Å². The van der Waals surface area contributed by atoms with E-state index >= 15 is 8.78 Å². The van der Waals surface area contributed by atoms with Crippen molar-refractivity contribution in [2.45, 2.75) is 36.6 Å². The van der Waals surface area contributed by atoms with Crippen molar-refractivity contribution >= 4 is 16.8 Å². The monoisotopic (exact) mass is 704 g/mol. The SMILES string of the molecule is Cc1c(Cc2c(F)cccc2C(F)(F)F)c2n(c(=O)c1-c1ccc3c(c1F)OCO3)C(C(NCCOCC(=O)O)c1ccccc1)CS2=O. The van der Waals surface area contributed by atoms with Gasteiger partial charge in [0.05, 0.1) is 46.4 Å². The lowest BCUT2D eigenvalue weighted by Gasteiger charge is -2.28. The smallest absolute Gasteiger partial charge is 0.416 e. The van der Waals surface area contributed by atoms with Crippen molar-refractivity contribution in [1.82, 2.24) is 9.88 Å². The maximum atomic E-state index is 16.0. The van der Waals surface area contributed by atoms with E-state index in [1.165, 1.54) is 23.6 Å². The topological polar surface area (TPSA) is 116 Å². The number of aliphatic carboxylic acids is 1. The highest BCUT2D eigenvalue weighted by Crippen LogP contribution is 2.44. The second-order valence-electron chi connectivity index (χ2n) is 11.4. The number of carboxylic acids is 1. The minimum Gasteiger partial charge on any atom is -0.480 e. The molecule has 0 amide bonds. The molecule has 3 aromatic carbocycles. The van der Waals surface area contributed by atoms with Gasteiger partial charge in [0.15, 0.2) is 11.6 Å². The third-order valence-corrected chi connectivity index (χ3v) is 10.0. The summed E-state index contributed by atoms with van der Waals surface area (Å²) in [5.41, 5.74) is -2.50. The largest absolute Gasteiger partial charge is 0.480 e. The van der Waals surface area contributed by atoms with Crippen LogP contribution in [0.4, 0.5) is 22.0 Å². The summed E-state index contributed by atoms with van der Waals surface area (Å²) >= 11 is 0. The number of hydrogen-bond donors (Lipinski definition) is 2. The third-order valence-electron chi connectivity index (χ3n) is 8.51. The minimum absolute atomic E-state index is 0.0142. The van der Waals surface area contributed by atoms with Crippen LogP contribution in [0.1, 0.15) is 39.9 Å². The van der Waals surface area contributed by atoms with Gasteiger partial charge in [0.2, 0.25) is 12.5 Å². The molecule has 9 nitrogen and oxygen atoms in total. The van der Waals surface area contributed by atoms with Crippen molar-refractivity contribution in [2.24, 2.45) is 0 Å². The number of halogens is 5. The van der Waals surface area contributed by atoms with E-state index in [0.717, 1.165) is 18.2 Å². The summed E-state index contributed by atoms with van der Waals surface area (Å²) < 4.78 is 105. The number of ether oxygens (including phenoxy) is 3. The van der Waals surface area contributed by atoms with Crippen molar-refractivity contribution < 1.29 is 50.3 Å². The van der Waals surface area contributed by atoms with Gasteiger partial charge in [-0.15, -0.1) is 0 Å². The Morgan fingerprint density at radius 3 is 2.55 bits per heavy atom. The molecule has 2 N–H and O–H groups in total. The highest BCUT2D eigenvalue weighted by Gasteiger charge is 2.41. The maximum Gasteiger partial charge on any atom is 0.416 e. The number of carboxylic acid groups (broad SMARTS) is 1. The minimum atomic E-state index is -4.93. The van der Waals surface area contributed by atoms with Crippen LogP contribution < -0.4 is 20.3 Å². The molecule has 3 heterocycles. The number of hydrogen-bond acceptors (Lipinski definition) is 7. The first-order chi connectivity index (χ1) is 23.4. The van der Waals surface area contributed by atoms with E-state index in [1.807, 2.05) is 0 Å². The molecular weight excluding hydrogens is 675 g/mol. The second kappa shape index (κ2) is 13.7. The van der Waals surface area contributed by atoms with Gasteiger partial charge in [0.25, 0.3) is 5.56 Å². The summed E-state index contributed by atoms with van der Waals surface area (Å²) in [6, 6.07) is 12.3. The fourth-order valence-electron chi connectivity index (χ4n) is 6.35. The fourth-order valence-corrected chi connectivity index (χ4v) is 8.10. The molecule has 15 heteroatoms. The summed E-state index contributed by atoms with van der Waals surface area (Å²) in [6.45, 7) is 0.664. The van der Waals surface area contributed by atoms with Gasteiger partial charge in [-0.25, -0.2) is 13.6 Å². The first kappa shape index (κ1) is 34.3. The van der Waals surface area contributed by atoms with E-state index in [0.29, 0.717) is 5.56 Å². The molecule has 4 aromatic rings. The van der Waals surface area contributed by atoms with Crippen molar-refractivity contribution in [3.8, 4) is 22.6 Å². The molecule has 0 fully saturated rings. The normalized spacial score (nSPS) is 17.3. The number of carbonyl (C=O) groups is 1. The Kier molecular flexibility index (Phi) is 9.60. The summed E-state index contributed by atoms with van der Waals surface area (Å²) in [7, 11) is -1.98. The molecule has 0 radical (unpaired) electrons. The van der Waals surface area contributed by atoms with E-state index in [2.05, 4.69) is 5.32 Å². The Morgan fingerprint density at radius 2 is 1.84 bits per heavy atom. The first-order valence-corrected chi connectivity index (χ1v) is 16.4. The molecule has 0 aliphatic carbocycles. The number of nitrogens with zero attached hydrogens (tertiary/aromatic N) is 1. The summed E-state index contributed by atoms with van der Waals surface area (Å²) in [4.78, 5) is 25.5. The molecule has 258 valence electrons. The second-order valence-corrected chi connectivity index (χ2v) is 12.8. The summed E-state index contributed by atoms with van der Waals surface area (Å²) in [5.74, 6) is -3.57.